The number of sulfonamides is 1. The van der Waals surface area contributed by atoms with Crippen LogP contribution in [-0.4, -0.2) is 62.4 Å². The summed E-state index contributed by atoms with van der Waals surface area (Å²) in [7, 11) is -3.52. The molecule has 3 rings (SSSR count). The van der Waals surface area contributed by atoms with E-state index in [0.717, 1.165) is 18.4 Å². The zero-order chi connectivity index (χ0) is 21.4. The molecule has 1 amide bonds. The summed E-state index contributed by atoms with van der Waals surface area (Å²) in [5.41, 5.74) is 0.829. The van der Waals surface area contributed by atoms with Crippen LogP contribution in [0.4, 0.5) is 0 Å². The average molecular weight is 432 g/mol. The average Bonchev–Trinajstić information content (AvgIpc) is 2.79. The van der Waals surface area contributed by atoms with E-state index >= 15 is 0 Å². The van der Waals surface area contributed by atoms with E-state index in [9.17, 15) is 13.2 Å². The Hall–Kier alpha value is -2.21. The van der Waals surface area contributed by atoms with Gasteiger partial charge in [0.1, 0.15) is 0 Å². The molecule has 8 heteroatoms. The van der Waals surface area contributed by atoms with E-state index in [1.165, 1.54) is 9.71 Å². The van der Waals surface area contributed by atoms with Gasteiger partial charge in [-0.25, -0.2) is 8.42 Å². The number of nitriles is 1. The molecular formula is C22H29N3O4S. The van der Waals surface area contributed by atoms with Crippen molar-refractivity contribution in [2.45, 2.75) is 38.1 Å². The lowest BCUT2D eigenvalue weighted by atomic mass is 9.94. The second-order valence-electron chi connectivity index (χ2n) is 7.71. The minimum absolute atomic E-state index is 0.0500. The van der Waals surface area contributed by atoms with Crippen LogP contribution < -0.4 is 0 Å². The molecule has 0 spiro atoms. The number of ether oxygens (including phenoxy) is 1. The number of amides is 1. The third kappa shape index (κ3) is 5.91. The van der Waals surface area contributed by atoms with Gasteiger partial charge >= 0.3 is 0 Å². The van der Waals surface area contributed by atoms with E-state index in [2.05, 4.69) is 6.07 Å². The van der Waals surface area contributed by atoms with Crippen molar-refractivity contribution in [3.8, 4) is 6.07 Å². The summed E-state index contributed by atoms with van der Waals surface area (Å²) >= 11 is 0. The van der Waals surface area contributed by atoms with E-state index < -0.39 is 10.0 Å². The summed E-state index contributed by atoms with van der Waals surface area (Å²) in [6.07, 6.45) is 4.48. The first-order chi connectivity index (χ1) is 14.5. The fourth-order valence-electron chi connectivity index (χ4n) is 4.05. The predicted molar refractivity (Wildman–Crippen MR) is 114 cm³/mol. The first kappa shape index (κ1) is 22.5. The Morgan fingerprint density at radius 1 is 1.17 bits per heavy atom. The highest BCUT2D eigenvalue weighted by atomic mass is 32.2. The molecule has 2 saturated heterocycles. The van der Waals surface area contributed by atoms with E-state index in [4.69, 9.17) is 10.00 Å². The zero-order valence-corrected chi connectivity index (χ0v) is 18.0. The first-order valence-electron chi connectivity index (χ1n) is 10.5. The molecule has 1 aromatic carbocycles. The van der Waals surface area contributed by atoms with Gasteiger partial charge in [0, 0.05) is 50.2 Å². The molecule has 2 fully saturated rings. The molecule has 1 aromatic rings. The topological polar surface area (TPSA) is 90.7 Å². The standard InChI is InChI=1S/C22H29N3O4S/c23-12-4-13-25(21-9-16-29-17-10-21)22(26)20-7-14-24(15-8-20)30(27,28)18-11-19-5-2-1-3-6-19/h1-3,5-6,11,18,20-21H,4,7-10,13-17H2/b18-11+. The number of benzene rings is 1. The summed E-state index contributed by atoms with van der Waals surface area (Å²) < 4.78 is 32.2. The smallest absolute Gasteiger partial charge is 0.236 e. The number of rotatable bonds is 7. The van der Waals surface area contributed by atoms with E-state index in [1.54, 1.807) is 6.08 Å². The van der Waals surface area contributed by atoms with Gasteiger partial charge in [-0.1, -0.05) is 30.3 Å². The highest BCUT2D eigenvalue weighted by Crippen LogP contribution is 2.25. The zero-order valence-electron chi connectivity index (χ0n) is 17.2. The van der Waals surface area contributed by atoms with Crippen LogP contribution >= 0.6 is 0 Å². The van der Waals surface area contributed by atoms with Gasteiger partial charge in [-0.3, -0.25) is 4.79 Å². The molecule has 7 nitrogen and oxygen atoms in total. The van der Waals surface area contributed by atoms with Crippen LogP contribution in [0.2, 0.25) is 0 Å². The molecule has 0 radical (unpaired) electrons. The fraction of sp³-hybridized carbons (Fsp3) is 0.545. The molecule has 30 heavy (non-hydrogen) atoms. The summed E-state index contributed by atoms with van der Waals surface area (Å²) in [4.78, 5) is 15.0. The molecule has 0 N–H and O–H groups in total. The molecule has 0 aromatic heterocycles. The highest BCUT2D eigenvalue weighted by Gasteiger charge is 2.34. The lowest BCUT2D eigenvalue weighted by Gasteiger charge is -2.38. The third-order valence-corrected chi connectivity index (χ3v) is 7.34. The molecule has 0 unspecified atom stereocenters. The second kappa shape index (κ2) is 10.7. The van der Waals surface area contributed by atoms with Gasteiger partial charge in [0.2, 0.25) is 15.9 Å². The molecule has 2 heterocycles. The van der Waals surface area contributed by atoms with Crippen LogP contribution in [0, 0.1) is 17.2 Å². The summed E-state index contributed by atoms with van der Waals surface area (Å²) in [5, 5.41) is 10.2. The van der Waals surface area contributed by atoms with Gasteiger partial charge < -0.3 is 9.64 Å². The van der Waals surface area contributed by atoms with Crippen molar-refractivity contribution in [3.05, 3.63) is 41.3 Å². The Bertz CT molecular complexity index is 865. The third-order valence-electron chi connectivity index (χ3n) is 5.77. The van der Waals surface area contributed by atoms with E-state index in [-0.39, 0.29) is 17.9 Å². The lowest BCUT2D eigenvalue weighted by molar-refractivity contribution is -0.141. The van der Waals surface area contributed by atoms with Gasteiger partial charge in [-0.15, -0.1) is 0 Å². The quantitative estimate of drug-likeness (QED) is 0.662. The van der Waals surface area contributed by atoms with Crippen molar-refractivity contribution in [2.24, 2.45) is 5.92 Å². The van der Waals surface area contributed by atoms with Gasteiger partial charge in [-0.05, 0) is 37.3 Å². The molecule has 0 atom stereocenters. The van der Waals surface area contributed by atoms with Crippen LogP contribution in [0.25, 0.3) is 6.08 Å². The second-order valence-corrected chi connectivity index (χ2v) is 9.53. The summed E-state index contributed by atoms with van der Waals surface area (Å²) in [6, 6.07) is 11.5. The Balaban J connectivity index is 1.59. The fourth-order valence-corrected chi connectivity index (χ4v) is 5.27. The number of hydrogen-bond donors (Lipinski definition) is 0. The maximum absolute atomic E-state index is 13.2. The van der Waals surface area contributed by atoms with E-state index in [0.29, 0.717) is 52.1 Å². The predicted octanol–water partition coefficient (Wildman–Crippen LogP) is 2.62. The van der Waals surface area contributed by atoms with Crippen LogP contribution in [-0.2, 0) is 19.6 Å². The molecule has 2 aliphatic heterocycles. The lowest BCUT2D eigenvalue weighted by Crippen LogP contribution is -2.49. The minimum Gasteiger partial charge on any atom is -0.381 e. The molecule has 0 bridgehead atoms. The maximum atomic E-state index is 13.2. The van der Waals surface area contributed by atoms with Crippen LogP contribution in [0.5, 0.6) is 0 Å². The van der Waals surface area contributed by atoms with Crippen molar-refractivity contribution in [2.75, 3.05) is 32.8 Å². The van der Waals surface area contributed by atoms with Crippen molar-refractivity contribution >= 4 is 22.0 Å². The van der Waals surface area contributed by atoms with E-state index in [1.807, 2.05) is 35.2 Å². The number of carbonyl (C=O) groups excluding carboxylic acids is 1. The summed E-state index contributed by atoms with van der Waals surface area (Å²) in [5.74, 6) is -0.148. The normalized spacial score (nSPS) is 19.6. The number of piperidine rings is 1. The van der Waals surface area contributed by atoms with Crippen molar-refractivity contribution in [1.29, 1.82) is 5.26 Å². The van der Waals surface area contributed by atoms with Gasteiger partial charge in [0.05, 0.1) is 12.5 Å². The van der Waals surface area contributed by atoms with Crippen LogP contribution in [0.1, 0.15) is 37.7 Å². The Kier molecular flexibility index (Phi) is 8.02. The monoisotopic (exact) mass is 431 g/mol. The number of hydrogen-bond acceptors (Lipinski definition) is 5. The Morgan fingerprint density at radius 3 is 2.47 bits per heavy atom. The molecule has 2 aliphatic rings. The Labute approximate surface area is 179 Å². The van der Waals surface area contributed by atoms with Crippen molar-refractivity contribution in [1.82, 2.24) is 9.21 Å². The van der Waals surface area contributed by atoms with Gasteiger partial charge in [0.15, 0.2) is 0 Å². The SMILES string of the molecule is N#CCCN(C(=O)C1CCN(S(=O)(=O)/C=C/c2ccccc2)CC1)C1CCOCC1. The highest BCUT2D eigenvalue weighted by molar-refractivity contribution is 7.92. The largest absolute Gasteiger partial charge is 0.381 e. The van der Waals surface area contributed by atoms with Crippen molar-refractivity contribution < 1.29 is 17.9 Å². The molecule has 0 saturated carbocycles. The van der Waals surface area contributed by atoms with Crippen LogP contribution in [0.15, 0.2) is 35.7 Å². The number of carbonyl (C=O) groups is 1. The molecule has 162 valence electrons. The van der Waals surface area contributed by atoms with Gasteiger partial charge in [0.25, 0.3) is 0 Å². The minimum atomic E-state index is -3.52. The summed E-state index contributed by atoms with van der Waals surface area (Å²) in [6.45, 7) is 2.35. The van der Waals surface area contributed by atoms with Crippen LogP contribution in [0.3, 0.4) is 0 Å². The Morgan fingerprint density at radius 2 is 1.83 bits per heavy atom. The first-order valence-corrected chi connectivity index (χ1v) is 12.0. The maximum Gasteiger partial charge on any atom is 0.236 e. The molecular weight excluding hydrogens is 402 g/mol. The number of nitrogens with zero attached hydrogens (tertiary/aromatic N) is 3. The molecule has 0 aliphatic carbocycles. The van der Waals surface area contributed by atoms with Crippen molar-refractivity contribution in [3.63, 3.8) is 0 Å². The van der Waals surface area contributed by atoms with Gasteiger partial charge in [-0.2, -0.15) is 9.57 Å².